The standard InChI is InChI=1S/C16H17NO2/c18-13-3-1-2-11(8-13)9-16-15-10-14(19)5-4-12(15)6-7-17-16/h1-5,8,10,16-19H,6-7,9H2. The first-order valence-electron chi connectivity index (χ1n) is 6.55. The number of benzene rings is 2. The van der Waals surface area contributed by atoms with Crippen LogP contribution in [0.1, 0.15) is 22.7 Å². The second kappa shape index (κ2) is 4.94. The molecule has 0 aromatic heterocycles. The number of phenols is 2. The van der Waals surface area contributed by atoms with Gasteiger partial charge in [-0.3, -0.25) is 0 Å². The van der Waals surface area contributed by atoms with E-state index >= 15 is 0 Å². The van der Waals surface area contributed by atoms with E-state index in [0.717, 1.165) is 30.5 Å². The Balaban J connectivity index is 1.89. The van der Waals surface area contributed by atoms with Crippen LogP contribution in [-0.2, 0) is 12.8 Å². The van der Waals surface area contributed by atoms with Gasteiger partial charge < -0.3 is 15.5 Å². The van der Waals surface area contributed by atoms with Gasteiger partial charge in [0.1, 0.15) is 11.5 Å². The zero-order valence-electron chi connectivity index (χ0n) is 10.6. The van der Waals surface area contributed by atoms with Crippen LogP contribution in [0.15, 0.2) is 42.5 Å². The summed E-state index contributed by atoms with van der Waals surface area (Å²) in [5.41, 5.74) is 3.55. The Morgan fingerprint density at radius 3 is 2.74 bits per heavy atom. The van der Waals surface area contributed by atoms with Crippen LogP contribution >= 0.6 is 0 Å². The van der Waals surface area contributed by atoms with Crippen molar-refractivity contribution in [2.45, 2.75) is 18.9 Å². The number of nitrogens with one attached hydrogen (secondary N) is 1. The molecule has 2 aromatic carbocycles. The molecule has 0 radical (unpaired) electrons. The summed E-state index contributed by atoms with van der Waals surface area (Å²) in [5.74, 6) is 0.604. The summed E-state index contributed by atoms with van der Waals surface area (Å²) >= 11 is 0. The van der Waals surface area contributed by atoms with E-state index in [4.69, 9.17) is 0 Å². The average Bonchev–Trinajstić information content (AvgIpc) is 2.39. The number of fused-ring (bicyclic) bond motifs is 1. The monoisotopic (exact) mass is 255 g/mol. The van der Waals surface area contributed by atoms with Gasteiger partial charge in [-0.05, 0) is 60.3 Å². The van der Waals surface area contributed by atoms with Gasteiger partial charge in [0.2, 0.25) is 0 Å². The largest absolute Gasteiger partial charge is 0.508 e. The van der Waals surface area contributed by atoms with Gasteiger partial charge in [-0.1, -0.05) is 18.2 Å². The van der Waals surface area contributed by atoms with E-state index in [1.807, 2.05) is 24.3 Å². The molecule has 0 bridgehead atoms. The molecular weight excluding hydrogens is 238 g/mol. The van der Waals surface area contributed by atoms with Crippen molar-refractivity contribution < 1.29 is 10.2 Å². The van der Waals surface area contributed by atoms with Gasteiger partial charge in [0.05, 0.1) is 0 Å². The molecule has 0 fully saturated rings. The number of aromatic hydroxyl groups is 2. The first kappa shape index (κ1) is 12.1. The third-order valence-electron chi connectivity index (χ3n) is 3.64. The van der Waals surface area contributed by atoms with Crippen molar-refractivity contribution in [3.05, 3.63) is 59.2 Å². The molecule has 1 aliphatic heterocycles. The molecule has 1 heterocycles. The summed E-state index contributed by atoms with van der Waals surface area (Å²) in [5, 5.41) is 22.6. The maximum atomic E-state index is 9.65. The van der Waals surface area contributed by atoms with Crippen molar-refractivity contribution in [1.82, 2.24) is 5.32 Å². The van der Waals surface area contributed by atoms with Crippen LogP contribution in [0.2, 0.25) is 0 Å². The third kappa shape index (κ3) is 2.56. The lowest BCUT2D eigenvalue weighted by Crippen LogP contribution is -2.31. The van der Waals surface area contributed by atoms with Crippen molar-refractivity contribution >= 4 is 0 Å². The summed E-state index contributed by atoms with van der Waals surface area (Å²) in [6, 6.07) is 13.1. The van der Waals surface area contributed by atoms with Crippen LogP contribution in [-0.4, -0.2) is 16.8 Å². The smallest absolute Gasteiger partial charge is 0.115 e. The molecule has 0 amide bonds. The fourth-order valence-corrected chi connectivity index (χ4v) is 2.73. The Hall–Kier alpha value is -2.00. The fourth-order valence-electron chi connectivity index (χ4n) is 2.73. The maximum absolute atomic E-state index is 9.65. The SMILES string of the molecule is Oc1cccc(CC2NCCc3ccc(O)cc32)c1. The highest BCUT2D eigenvalue weighted by atomic mass is 16.3. The van der Waals surface area contributed by atoms with Crippen LogP contribution in [0.25, 0.3) is 0 Å². The summed E-state index contributed by atoms with van der Waals surface area (Å²) in [4.78, 5) is 0. The molecule has 3 heteroatoms. The zero-order chi connectivity index (χ0) is 13.2. The molecule has 3 rings (SSSR count). The quantitative estimate of drug-likeness (QED) is 0.773. The van der Waals surface area contributed by atoms with Gasteiger partial charge in [0, 0.05) is 6.04 Å². The van der Waals surface area contributed by atoms with E-state index in [0.29, 0.717) is 11.5 Å². The van der Waals surface area contributed by atoms with E-state index in [1.165, 1.54) is 5.56 Å². The van der Waals surface area contributed by atoms with Crippen molar-refractivity contribution in [3.63, 3.8) is 0 Å². The van der Waals surface area contributed by atoms with Crippen LogP contribution in [0.3, 0.4) is 0 Å². The lowest BCUT2D eigenvalue weighted by molar-refractivity contribution is 0.461. The maximum Gasteiger partial charge on any atom is 0.115 e. The minimum atomic E-state index is 0.192. The van der Waals surface area contributed by atoms with Gasteiger partial charge in [0.25, 0.3) is 0 Å². The Kier molecular flexibility index (Phi) is 3.13. The van der Waals surface area contributed by atoms with E-state index in [9.17, 15) is 10.2 Å². The van der Waals surface area contributed by atoms with Gasteiger partial charge >= 0.3 is 0 Å². The molecule has 0 aliphatic carbocycles. The van der Waals surface area contributed by atoms with Crippen LogP contribution < -0.4 is 5.32 Å². The van der Waals surface area contributed by atoms with Crippen molar-refractivity contribution in [1.29, 1.82) is 0 Å². The van der Waals surface area contributed by atoms with Gasteiger partial charge in [0.15, 0.2) is 0 Å². The average molecular weight is 255 g/mol. The number of hydrogen-bond donors (Lipinski definition) is 3. The minimum absolute atomic E-state index is 0.192. The van der Waals surface area contributed by atoms with Gasteiger partial charge in [-0.2, -0.15) is 0 Å². The molecule has 0 saturated heterocycles. The molecular formula is C16H17NO2. The molecule has 0 saturated carbocycles. The van der Waals surface area contributed by atoms with Crippen molar-refractivity contribution in [2.24, 2.45) is 0 Å². The Labute approximate surface area is 112 Å². The van der Waals surface area contributed by atoms with Crippen LogP contribution in [0, 0.1) is 0 Å². The Morgan fingerprint density at radius 2 is 1.89 bits per heavy atom. The fraction of sp³-hybridized carbons (Fsp3) is 0.250. The van der Waals surface area contributed by atoms with Crippen molar-refractivity contribution in [3.8, 4) is 11.5 Å². The van der Waals surface area contributed by atoms with E-state index in [-0.39, 0.29) is 6.04 Å². The third-order valence-corrected chi connectivity index (χ3v) is 3.64. The molecule has 19 heavy (non-hydrogen) atoms. The number of phenolic OH excluding ortho intramolecular Hbond substituents is 2. The van der Waals surface area contributed by atoms with Crippen LogP contribution in [0.4, 0.5) is 0 Å². The number of hydrogen-bond acceptors (Lipinski definition) is 3. The molecule has 3 N–H and O–H groups in total. The minimum Gasteiger partial charge on any atom is -0.508 e. The Morgan fingerprint density at radius 1 is 1.05 bits per heavy atom. The second-order valence-corrected chi connectivity index (χ2v) is 5.01. The summed E-state index contributed by atoms with van der Waals surface area (Å²) in [6.07, 6.45) is 1.80. The molecule has 1 aliphatic rings. The molecule has 1 atom stereocenters. The highest BCUT2D eigenvalue weighted by Gasteiger charge is 2.20. The Bertz CT molecular complexity index is 595. The van der Waals surface area contributed by atoms with E-state index < -0.39 is 0 Å². The highest BCUT2D eigenvalue weighted by Crippen LogP contribution is 2.29. The van der Waals surface area contributed by atoms with Crippen molar-refractivity contribution in [2.75, 3.05) is 6.54 Å². The normalized spacial score (nSPS) is 18.0. The predicted octanol–water partition coefficient (Wildman–Crippen LogP) is 2.53. The molecule has 1 unspecified atom stereocenters. The second-order valence-electron chi connectivity index (χ2n) is 5.01. The molecule has 2 aromatic rings. The zero-order valence-corrected chi connectivity index (χ0v) is 10.6. The van der Waals surface area contributed by atoms with E-state index in [1.54, 1.807) is 18.2 Å². The lowest BCUT2D eigenvalue weighted by atomic mass is 9.90. The summed E-state index contributed by atoms with van der Waals surface area (Å²) in [6.45, 7) is 0.946. The topological polar surface area (TPSA) is 52.5 Å². The van der Waals surface area contributed by atoms with E-state index in [2.05, 4.69) is 5.32 Å². The van der Waals surface area contributed by atoms with Gasteiger partial charge in [-0.15, -0.1) is 0 Å². The lowest BCUT2D eigenvalue weighted by Gasteiger charge is -2.27. The number of rotatable bonds is 2. The first-order chi connectivity index (χ1) is 9.22. The molecule has 0 spiro atoms. The highest BCUT2D eigenvalue weighted by molar-refractivity contribution is 5.40. The first-order valence-corrected chi connectivity index (χ1v) is 6.55. The summed E-state index contributed by atoms with van der Waals surface area (Å²) < 4.78 is 0. The predicted molar refractivity (Wildman–Crippen MR) is 74.4 cm³/mol. The van der Waals surface area contributed by atoms with Gasteiger partial charge in [-0.25, -0.2) is 0 Å². The molecule has 3 nitrogen and oxygen atoms in total. The van der Waals surface area contributed by atoms with Crippen LogP contribution in [0.5, 0.6) is 11.5 Å². The molecule has 98 valence electrons. The summed E-state index contributed by atoms with van der Waals surface area (Å²) in [7, 11) is 0.